The van der Waals surface area contributed by atoms with Gasteiger partial charge in [0.05, 0.1) is 12.1 Å². The Labute approximate surface area is 224 Å². The highest BCUT2D eigenvalue weighted by Crippen LogP contribution is 2.27. The maximum Gasteiger partial charge on any atom is 0.264 e. The number of amides is 1. The van der Waals surface area contributed by atoms with E-state index < -0.39 is 5.91 Å². The van der Waals surface area contributed by atoms with Gasteiger partial charge >= 0.3 is 0 Å². The lowest BCUT2D eigenvalue weighted by Crippen LogP contribution is -2.39. The molecule has 0 unspecified atom stereocenters. The number of fused-ring (bicyclic) bond motifs is 1. The topological polar surface area (TPSA) is 114 Å². The normalized spacial score (nSPS) is 11.4. The summed E-state index contributed by atoms with van der Waals surface area (Å²) in [7, 11) is 1.64. The zero-order chi connectivity index (χ0) is 26.4. The number of aromatic nitrogens is 3. The van der Waals surface area contributed by atoms with E-state index in [1.54, 1.807) is 25.3 Å². The summed E-state index contributed by atoms with van der Waals surface area (Å²) in [6.45, 7) is 3.84. The summed E-state index contributed by atoms with van der Waals surface area (Å²) in [5, 5.41) is 7.59. The Kier molecular flexibility index (Phi) is 8.47. The van der Waals surface area contributed by atoms with Gasteiger partial charge in [-0.05, 0) is 68.3 Å². The average molecular weight is 541 g/mol. The van der Waals surface area contributed by atoms with Crippen LogP contribution in [0.3, 0.4) is 0 Å². The van der Waals surface area contributed by atoms with Crippen LogP contribution >= 0.6 is 23.2 Å². The van der Waals surface area contributed by atoms with Crippen molar-refractivity contribution < 1.29 is 14.3 Å². The van der Waals surface area contributed by atoms with Crippen LogP contribution in [0.4, 0.5) is 5.95 Å². The van der Waals surface area contributed by atoms with Gasteiger partial charge in [0.15, 0.2) is 6.61 Å². The van der Waals surface area contributed by atoms with Crippen LogP contribution in [-0.2, 0) is 11.2 Å². The Morgan fingerprint density at radius 2 is 1.86 bits per heavy atom. The van der Waals surface area contributed by atoms with Gasteiger partial charge in [-0.1, -0.05) is 23.2 Å². The van der Waals surface area contributed by atoms with Crippen LogP contribution in [0.1, 0.15) is 17.0 Å². The Morgan fingerprint density at radius 1 is 1.08 bits per heavy atom. The van der Waals surface area contributed by atoms with E-state index in [9.17, 15) is 4.79 Å². The second kappa shape index (κ2) is 11.9. The summed E-state index contributed by atoms with van der Waals surface area (Å²) in [6.07, 6.45) is 2.57. The van der Waals surface area contributed by atoms with Crippen LogP contribution in [0.15, 0.2) is 53.7 Å². The van der Waals surface area contributed by atoms with Crippen molar-refractivity contribution in [3.8, 4) is 11.5 Å². The molecule has 2 heterocycles. The molecular weight excluding hydrogens is 515 g/mol. The third-order valence-corrected chi connectivity index (χ3v) is 5.88. The van der Waals surface area contributed by atoms with Gasteiger partial charge in [-0.15, -0.1) is 0 Å². The molecule has 0 aliphatic heterocycles. The standard InChI is InChI=1S/C26H26Cl2N6O3/c1-15-10-16(2)32-26(31-15)34-25(33-24(35)14-37-23-7-4-18(27)11-21(23)28)29-9-8-17-13-30-22-6-5-19(36-3)12-20(17)22/h4-7,10-13,30H,8-9,14H2,1-3H3,(H2,29,31,32,33,34,35). The van der Waals surface area contributed by atoms with Crippen molar-refractivity contribution in [1.82, 2.24) is 20.3 Å². The number of rotatable bonds is 8. The number of benzene rings is 2. The van der Waals surface area contributed by atoms with Crippen LogP contribution in [0, 0.1) is 13.8 Å². The number of hydrogen-bond acceptors (Lipinski definition) is 6. The predicted octanol–water partition coefficient (Wildman–Crippen LogP) is 5.10. The molecule has 2 aromatic carbocycles. The van der Waals surface area contributed by atoms with Crippen LogP contribution in [0.25, 0.3) is 10.9 Å². The number of H-pyrrole nitrogens is 1. The molecule has 0 spiro atoms. The monoisotopic (exact) mass is 540 g/mol. The van der Waals surface area contributed by atoms with Gasteiger partial charge < -0.3 is 14.5 Å². The molecule has 4 rings (SSSR count). The molecule has 0 aliphatic carbocycles. The van der Waals surface area contributed by atoms with Crippen molar-refractivity contribution in [3.05, 3.63) is 75.7 Å². The number of aryl methyl sites for hydroxylation is 2. The lowest BCUT2D eigenvalue weighted by molar-refractivity contribution is -0.121. The first kappa shape index (κ1) is 26.2. The van der Waals surface area contributed by atoms with E-state index >= 15 is 0 Å². The molecule has 192 valence electrons. The number of halogens is 2. The number of aliphatic imine (C=N–C) groups is 1. The molecule has 37 heavy (non-hydrogen) atoms. The molecule has 2 aromatic heterocycles. The minimum absolute atomic E-state index is 0.207. The number of nitrogens with one attached hydrogen (secondary N) is 3. The second-order valence-corrected chi connectivity index (χ2v) is 9.06. The molecule has 0 atom stereocenters. The van der Waals surface area contributed by atoms with Crippen molar-refractivity contribution >= 4 is 51.9 Å². The highest BCUT2D eigenvalue weighted by Gasteiger charge is 2.12. The van der Waals surface area contributed by atoms with Crippen molar-refractivity contribution in [2.24, 2.45) is 4.99 Å². The maximum atomic E-state index is 12.7. The van der Waals surface area contributed by atoms with E-state index in [1.807, 2.05) is 44.3 Å². The van der Waals surface area contributed by atoms with Gasteiger partial charge in [0.2, 0.25) is 11.9 Å². The minimum atomic E-state index is -0.432. The summed E-state index contributed by atoms with van der Waals surface area (Å²) < 4.78 is 10.9. The fourth-order valence-corrected chi connectivity index (χ4v) is 4.14. The lowest BCUT2D eigenvalue weighted by Gasteiger charge is -2.12. The number of guanidine groups is 1. The van der Waals surface area contributed by atoms with Gasteiger partial charge in [0, 0.05) is 40.1 Å². The Hall–Kier alpha value is -3.82. The summed E-state index contributed by atoms with van der Waals surface area (Å²) in [5.74, 6) is 1.23. The van der Waals surface area contributed by atoms with E-state index in [2.05, 4.69) is 30.6 Å². The second-order valence-electron chi connectivity index (χ2n) is 8.22. The summed E-state index contributed by atoms with van der Waals surface area (Å²) in [6, 6.07) is 12.5. The van der Waals surface area contributed by atoms with Crippen LogP contribution in [-0.4, -0.2) is 47.1 Å². The fraction of sp³-hybridized carbons (Fsp3) is 0.231. The maximum absolute atomic E-state index is 12.7. The zero-order valence-corrected chi connectivity index (χ0v) is 22.1. The molecule has 0 radical (unpaired) electrons. The predicted molar refractivity (Wildman–Crippen MR) is 146 cm³/mol. The number of aromatic amines is 1. The number of carbonyl (C=O) groups is 1. The van der Waals surface area contributed by atoms with Gasteiger partial charge in [-0.2, -0.15) is 0 Å². The van der Waals surface area contributed by atoms with Crippen molar-refractivity contribution in [2.45, 2.75) is 20.3 Å². The van der Waals surface area contributed by atoms with Gasteiger partial charge in [-0.3, -0.25) is 20.4 Å². The number of anilines is 1. The molecule has 0 fully saturated rings. The van der Waals surface area contributed by atoms with Crippen molar-refractivity contribution in [2.75, 3.05) is 25.6 Å². The van der Waals surface area contributed by atoms with Gasteiger partial charge in [-0.25, -0.2) is 9.97 Å². The molecule has 3 N–H and O–H groups in total. The van der Waals surface area contributed by atoms with Crippen LogP contribution < -0.4 is 20.1 Å². The lowest BCUT2D eigenvalue weighted by atomic mass is 10.1. The molecule has 0 aliphatic rings. The summed E-state index contributed by atoms with van der Waals surface area (Å²) >= 11 is 12.0. The fourth-order valence-electron chi connectivity index (χ4n) is 3.68. The van der Waals surface area contributed by atoms with Crippen LogP contribution in [0.2, 0.25) is 10.0 Å². The van der Waals surface area contributed by atoms with Gasteiger partial charge in [0.25, 0.3) is 5.91 Å². The molecule has 0 saturated heterocycles. The van der Waals surface area contributed by atoms with Crippen LogP contribution in [0.5, 0.6) is 11.5 Å². The number of methoxy groups -OCH3 is 1. The average Bonchev–Trinajstić information content (AvgIpc) is 3.25. The number of carbonyl (C=O) groups excluding carboxylic acids is 1. The van der Waals surface area contributed by atoms with E-state index in [1.165, 1.54) is 0 Å². The molecular formula is C26H26Cl2N6O3. The van der Waals surface area contributed by atoms with E-state index in [0.717, 1.165) is 33.6 Å². The Morgan fingerprint density at radius 3 is 2.59 bits per heavy atom. The molecule has 0 saturated carbocycles. The first-order valence-electron chi connectivity index (χ1n) is 11.5. The van der Waals surface area contributed by atoms with Crippen molar-refractivity contribution in [3.63, 3.8) is 0 Å². The van der Waals surface area contributed by atoms with E-state index in [-0.39, 0.29) is 12.6 Å². The Bertz CT molecular complexity index is 1430. The third-order valence-electron chi connectivity index (χ3n) is 5.35. The number of ether oxygens (including phenoxy) is 2. The number of nitrogens with zero attached hydrogens (tertiary/aromatic N) is 3. The Balaban J connectivity index is 1.47. The van der Waals surface area contributed by atoms with E-state index in [4.69, 9.17) is 32.7 Å². The molecule has 4 aromatic rings. The van der Waals surface area contributed by atoms with E-state index in [0.29, 0.717) is 34.7 Å². The summed E-state index contributed by atoms with van der Waals surface area (Å²) in [5.41, 5.74) is 3.66. The smallest absolute Gasteiger partial charge is 0.264 e. The quantitative estimate of drug-likeness (QED) is 0.212. The zero-order valence-electron chi connectivity index (χ0n) is 20.6. The first-order valence-corrected chi connectivity index (χ1v) is 12.2. The summed E-state index contributed by atoms with van der Waals surface area (Å²) in [4.78, 5) is 29.3. The SMILES string of the molecule is COc1ccc2[nH]cc(CCN=C(NC(=O)COc3ccc(Cl)cc3Cl)Nc3nc(C)cc(C)n3)c2c1. The number of hydrogen-bond donors (Lipinski definition) is 3. The highest BCUT2D eigenvalue weighted by atomic mass is 35.5. The largest absolute Gasteiger partial charge is 0.497 e. The first-order chi connectivity index (χ1) is 17.8. The third kappa shape index (κ3) is 7.12. The van der Waals surface area contributed by atoms with Crippen molar-refractivity contribution in [1.29, 1.82) is 0 Å². The molecule has 9 nitrogen and oxygen atoms in total. The molecule has 11 heteroatoms. The molecule has 0 bridgehead atoms. The highest BCUT2D eigenvalue weighted by molar-refractivity contribution is 6.35. The van der Waals surface area contributed by atoms with Gasteiger partial charge in [0.1, 0.15) is 11.5 Å². The molecule has 1 amide bonds. The minimum Gasteiger partial charge on any atom is -0.497 e.